The maximum atomic E-state index is 13.7. The molecule has 1 amide bonds. The second kappa shape index (κ2) is 8.97. The molecule has 1 fully saturated rings. The Bertz CT molecular complexity index is 861. The molecule has 0 radical (unpaired) electrons. The molecule has 0 aliphatic carbocycles. The molecule has 0 saturated carbocycles. The first-order valence-corrected chi connectivity index (χ1v) is 9.40. The minimum Gasteiger partial charge on any atom is -0.369 e. The summed E-state index contributed by atoms with van der Waals surface area (Å²) in [6, 6.07) is 11.8. The van der Waals surface area contributed by atoms with Crippen LogP contribution in [0.15, 0.2) is 48.5 Å². The molecule has 3 rings (SSSR count). The average molecular weight is 385 g/mol. The fourth-order valence-electron chi connectivity index (χ4n) is 3.21. The lowest BCUT2D eigenvalue weighted by Gasteiger charge is -2.34. The van der Waals surface area contributed by atoms with Gasteiger partial charge in [0.2, 0.25) is 5.91 Å². The van der Waals surface area contributed by atoms with E-state index >= 15 is 0 Å². The molecule has 1 heterocycles. The maximum absolute atomic E-state index is 13.7. The number of nitrogens with zero attached hydrogens (tertiary/aromatic N) is 2. The second-order valence-electron chi connectivity index (χ2n) is 7.09. The number of anilines is 1. The molecule has 2 aromatic rings. The lowest BCUT2D eigenvalue weighted by molar-refractivity contribution is -0.117. The zero-order valence-electron chi connectivity index (χ0n) is 16.2. The standard InChI is InChI=1S/C22H25F2N3O/c1-16(25-21(28)10-9-17-5-4-8-20(23)22(17)24)18-6-3-7-19(15-18)27-13-11-26(2)12-14-27/h3-10,15-16H,11-14H2,1-2H3,(H,25,28)/b10-9+. The van der Waals surface area contributed by atoms with Crippen molar-refractivity contribution in [2.24, 2.45) is 0 Å². The van der Waals surface area contributed by atoms with Crippen molar-refractivity contribution in [3.8, 4) is 0 Å². The predicted octanol–water partition coefficient (Wildman–Crippen LogP) is 3.61. The van der Waals surface area contributed by atoms with Crippen LogP contribution < -0.4 is 10.2 Å². The van der Waals surface area contributed by atoms with E-state index in [-0.39, 0.29) is 17.5 Å². The third-order valence-electron chi connectivity index (χ3n) is 4.99. The number of halogens is 2. The molecule has 1 aliphatic heterocycles. The first kappa shape index (κ1) is 20.0. The summed E-state index contributed by atoms with van der Waals surface area (Å²) in [5.41, 5.74) is 2.18. The average Bonchev–Trinajstić information content (AvgIpc) is 2.70. The first-order valence-electron chi connectivity index (χ1n) is 9.40. The van der Waals surface area contributed by atoms with Gasteiger partial charge in [-0.1, -0.05) is 24.3 Å². The lowest BCUT2D eigenvalue weighted by Crippen LogP contribution is -2.44. The number of carbonyl (C=O) groups excluding carboxylic acids is 1. The third-order valence-corrected chi connectivity index (χ3v) is 4.99. The van der Waals surface area contributed by atoms with Gasteiger partial charge in [0.25, 0.3) is 0 Å². The Morgan fingerprint density at radius 1 is 1.11 bits per heavy atom. The molecular weight excluding hydrogens is 360 g/mol. The molecule has 148 valence electrons. The van der Waals surface area contributed by atoms with Gasteiger partial charge in [-0.15, -0.1) is 0 Å². The molecule has 1 unspecified atom stereocenters. The van der Waals surface area contributed by atoms with Crippen molar-refractivity contribution < 1.29 is 13.6 Å². The van der Waals surface area contributed by atoms with E-state index in [1.807, 2.05) is 19.1 Å². The van der Waals surface area contributed by atoms with E-state index in [0.29, 0.717) is 0 Å². The zero-order valence-corrected chi connectivity index (χ0v) is 16.2. The number of nitrogens with one attached hydrogen (secondary N) is 1. The van der Waals surface area contributed by atoms with Crippen LogP contribution >= 0.6 is 0 Å². The number of piperazine rings is 1. The Kier molecular flexibility index (Phi) is 6.41. The lowest BCUT2D eigenvalue weighted by atomic mass is 10.1. The van der Waals surface area contributed by atoms with Gasteiger partial charge >= 0.3 is 0 Å². The van der Waals surface area contributed by atoms with Crippen LogP contribution in [0.1, 0.15) is 24.1 Å². The van der Waals surface area contributed by atoms with Crippen molar-refractivity contribution >= 4 is 17.7 Å². The molecule has 28 heavy (non-hydrogen) atoms. The largest absolute Gasteiger partial charge is 0.369 e. The van der Waals surface area contributed by atoms with Gasteiger partial charge in [0.1, 0.15) is 0 Å². The normalized spacial score (nSPS) is 16.4. The smallest absolute Gasteiger partial charge is 0.244 e. The van der Waals surface area contributed by atoms with E-state index < -0.39 is 11.6 Å². The third kappa shape index (κ3) is 4.95. The number of hydrogen-bond acceptors (Lipinski definition) is 3. The van der Waals surface area contributed by atoms with Crippen molar-refractivity contribution in [2.75, 3.05) is 38.1 Å². The molecule has 6 heteroatoms. The molecule has 0 bridgehead atoms. The van der Waals surface area contributed by atoms with Crippen LogP contribution in [0.25, 0.3) is 6.08 Å². The van der Waals surface area contributed by atoms with E-state index in [4.69, 9.17) is 0 Å². The molecule has 0 aromatic heterocycles. The number of likely N-dealkylation sites (N-methyl/N-ethyl adjacent to an activating group) is 1. The van der Waals surface area contributed by atoms with Crippen LogP contribution in [-0.2, 0) is 4.79 Å². The molecule has 0 spiro atoms. The number of carbonyl (C=O) groups is 1. The van der Waals surface area contributed by atoms with Crippen LogP contribution in [0.5, 0.6) is 0 Å². The van der Waals surface area contributed by atoms with Gasteiger partial charge in [-0.05, 0) is 43.8 Å². The van der Waals surface area contributed by atoms with E-state index in [0.717, 1.165) is 43.5 Å². The SMILES string of the molecule is CC(NC(=O)/C=C/c1cccc(F)c1F)c1cccc(N2CCN(C)CC2)c1. The highest BCUT2D eigenvalue weighted by atomic mass is 19.2. The Balaban J connectivity index is 1.63. The van der Waals surface area contributed by atoms with Crippen molar-refractivity contribution in [3.05, 3.63) is 71.3 Å². The van der Waals surface area contributed by atoms with Gasteiger partial charge < -0.3 is 15.1 Å². The Labute approximate surface area is 164 Å². The molecule has 4 nitrogen and oxygen atoms in total. The molecule has 1 saturated heterocycles. The molecule has 2 aromatic carbocycles. The number of benzene rings is 2. The van der Waals surface area contributed by atoms with Crippen LogP contribution in [0.4, 0.5) is 14.5 Å². The Morgan fingerprint density at radius 2 is 1.82 bits per heavy atom. The van der Waals surface area contributed by atoms with E-state index in [1.165, 1.54) is 24.3 Å². The van der Waals surface area contributed by atoms with Crippen molar-refractivity contribution in [2.45, 2.75) is 13.0 Å². The van der Waals surface area contributed by atoms with Crippen LogP contribution in [-0.4, -0.2) is 44.0 Å². The van der Waals surface area contributed by atoms with Crippen LogP contribution in [0, 0.1) is 11.6 Å². The van der Waals surface area contributed by atoms with Crippen LogP contribution in [0.3, 0.4) is 0 Å². The van der Waals surface area contributed by atoms with Gasteiger partial charge in [-0.25, -0.2) is 8.78 Å². The summed E-state index contributed by atoms with van der Waals surface area (Å²) in [7, 11) is 2.12. The van der Waals surface area contributed by atoms with Crippen molar-refractivity contribution in [1.82, 2.24) is 10.2 Å². The van der Waals surface area contributed by atoms with Gasteiger partial charge in [-0.2, -0.15) is 0 Å². The number of rotatable bonds is 5. The van der Waals surface area contributed by atoms with Gasteiger partial charge in [-0.3, -0.25) is 4.79 Å². The van der Waals surface area contributed by atoms with Gasteiger partial charge in [0.15, 0.2) is 11.6 Å². The quantitative estimate of drug-likeness (QED) is 0.799. The summed E-state index contributed by atoms with van der Waals surface area (Å²) < 4.78 is 26.9. The zero-order chi connectivity index (χ0) is 20.1. The summed E-state index contributed by atoms with van der Waals surface area (Å²) in [5, 5.41) is 2.87. The number of amides is 1. The number of hydrogen-bond donors (Lipinski definition) is 1. The summed E-state index contributed by atoms with van der Waals surface area (Å²) >= 11 is 0. The highest BCUT2D eigenvalue weighted by Gasteiger charge is 2.16. The molecule has 1 aliphatic rings. The first-order chi connectivity index (χ1) is 13.4. The minimum absolute atomic E-state index is 0.0415. The van der Waals surface area contributed by atoms with Gasteiger partial charge in [0.05, 0.1) is 6.04 Å². The topological polar surface area (TPSA) is 35.6 Å². The highest BCUT2D eigenvalue weighted by molar-refractivity contribution is 5.92. The van der Waals surface area contributed by atoms with Crippen molar-refractivity contribution in [1.29, 1.82) is 0 Å². The van der Waals surface area contributed by atoms with E-state index in [1.54, 1.807) is 0 Å². The van der Waals surface area contributed by atoms with E-state index in [9.17, 15) is 13.6 Å². The summed E-state index contributed by atoms with van der Waals surface area (Å²) in [4.78, 5) is 16.8. The summed E-state index contributed by atoms with van der Waals surface area (Å²) in [6.45, 7) is 5.90. The summed E-state index contributed by atoms with van der Waals surface area (Å²) in [5.74, 6) is -2.25. The van der Waals surface area contributed by atoms with Crippen molar-refractivity contribution in [3.63, 3.8) is 0 Å². The fraction of sp³-hybridized carbons (Fsp3) is 0.318. The molecule has 1 atom stereocenters. The molecular formula is C22H25F2N3O. The highest BCUT2D eigenvalue weighted by Crippen LogP contribution is 2.22. The Hall–Kier alpha value is -2.73. The minimum atomic E-state index is -0.959. The molecule has 1 N–H and O–H groups in total. The Morgan fingerprint density at radius 3 is 2.57 bits per heavy atom. The fourth-order valence-corrected chi connectivity index (χ4v) is 3.21. The maximum Gasteiger partial charge on any atom is 0.244 e. The van der Waals surface area contributed by atoms with Gasteiger partial charge in [0, 0.05) is 43.5 Å². The second-order valence-corrected chi connectivity index (χ2v) is 7.09. The predicted molar refractivity (Wildman–Crippen MR) is 108 cm³/mol. The van der Waals surface area contributed by atoms with Crippen LogP contribution in [0.2, 0.25) is 0 Å². The van der Waals surface area contributed by atoms with E-state index in [2.05, 4.69) is 34.3 Å². The monoisotopic (exact) mass is 385 g/mol. The summed E-state index contributed by atoms with van der Waals surface area (Å²) in [6.07, 6.45) is 2.50.